The molecule has 2 aromatic rings. The van der Waals surface area contributed by atoms with Gasteiger partial charge in [-0.2, -0.15) is 5.26 Å². The van der Waals surface area contributed by atoms with Crippen molar-refractivity contribution < 1.29 is 19.1 Å². The molecule has 0 unspecified atom stereocenters. The normalized spacial score (nSPS) is 11.0. The van der Waals surface area contributed by atoms with E-state index in [2.05, 4.69) is 10.6 Å². The Bertz CT molecular complexity index is 869. The summed E-state index contributed by atoms with van der Waals surface area (Å²) in [5, 5.41) is 14.0. The van der Waals surface area contributed by atoms with Crippen LogP contribution in [0.1, 0.15) is 29.8 Å². The third-order valence-corrected chi connectivity index (χ3v) is 3.35. The fourth-order valence-corrected chi connectivity index (χ4v) is 2.09. The lowest BCUT2D eigenvalue weighted by Crippen LogP contribution is -2.30. The molecule has 0 radical (unpaired) electrons. The molecular weight excluding hydrogens is 334 g/mol. The summed E-state index contributed by atoms with van der Waals surface area (Å²) in [4.78, 5) is 35.2. The van der Waals surface area contributed by atoms with E-state index in [9.17, 15) is 14.4 Å². The highest BCUT2D eigenvalue weighted by molar-refractivity contribution is 5.97. The molecule has 2 aromatic carbocycles. The minimum atomic E-state index is -1.02. The van der Waals surface area contributed by atoms with Crippen molar-refractivity contribution >= 4 is 29.2 Å². The van der Waals surface area contributed by atoms with Crippen molar-refractivity contribution in [1.29, 1.82) is 5.26 Å². The maximum absolute atomic E-state index is 12.1. The average molecular weight is 351 g/mol. The van der Waals surface area contributed by atoms with Gasteiger partial charge in [0.1, 0.15) is 0 Å². The molecule has 2 rings (SSSR count). The Morgan fingerprint density at radius 1 is 1.04 bits per heavy atom. The third kappa shape index (κ3) is 5.18. The van der Waals surface area contributed by atoms with Crippen molar-refractivity contribution in [2.45, 2.75) is 20.0 Å². The fraction of sp³-hybridized carbons (Fsp3) is 0.158. The molecule has 132 valence electrons. The van der Waals surface area contributed by atoms with E-state index in [1.54, 1.807) is 30.3 Å². The van der Waals surface area contributed by atoms with Crippen LogP contribution in [0.2, 0.25) is 0 Å². The summed E-state index contributed by atoms with van der Waals surface area (Å²) in [6.45, 7) is 2.84. The summed E-state index contributed by atoms with van der Waals surface area (Å²) in [5.41, 5.74) is 1.66. The van der Waals surface area contributed by atoms with E-state index in [4.69, 9.17) is 10.00 Å². The topological polar surface area (TPSA) is 108 Å². The molecule has 0 heterocycles. The Hall–Kier alpha value is -3.66. The first kappa shape index (κ1) is 18.7. The zero-order valence-corrected chi connectivity index (χ0v) is 14.3. The lowest BCUT2D eigenvalue weighted by molar-refractivity contribution is -0.123. The van der Waals surface area contributed by atoms with Gasteiger partial charge in [0.05, 0.1) is 17.2 Å². The van der Waals surface area contributed by atoms with Crippen LogP contribution in [0.15, 0.2) is 48.5 Å². The van der Waals surface area contributed by atoms with Gasteiger partial charge >= 0.3 is 5.97 Å². The standard InChI is InChI=1S/C19H17N3O4/c1-12(18(24)22-17-5-3-4-14(10-17)11-20)26-19(25)15-6-8-16(9-7-15)21-13(2)23/h3-10,12H,1-2H3,(H,21,23)(H,22,24)/t12-/m1/s1. The lowest BCUT2D eigenvalue weighted by Gasteiger charge is -2.14. The predicted octanol–water partition coefficient (Wildman–Crippen LogP) is 2.70. The number of benzene rings is 2. The largest absolute Gasteiger partial charge is 0.449 e. The summed E-state index contributed by atoms with van der Waals surface area (Å²) in [6, 6.07) is 14.5. The second-order valence-electron chi connectivity index (χ2n) is 5.49. The number of nitrogens with zero attached hydrogens (tertiary/aromatic N) is 1. The Morgan fingerprint density at radius 3 is 2.35 bits per heavy atom. The first-order valence-corrected chi connectivity index (χ1v) is 7.78. The van der Waals surface area contributed by atoms with Crippen LogP contribution in [0.5, 0.6) is 0 Å². The molecule has 0 bridgehead atoms. The van der Waals surface area contributed by atoms with Gasteiger partial charge in [0, 0.05) is 18.3 Å². The zero-order valence-electron chi connectivity index (χ0n) is 14.3. The van der Waals surface area contributed by atoms with Crippen LogP contribution < -0.4 is 10.6 Å². The molecule has 0 aliphatic heterocycles. The fourth-order valence-electron chi connectivity index (χ4n) is 2.09. The average Bonchev–Trinajstić information content (AvgIpc) is 2.61. The number of ether oxygens (including phenoxy) is 1. The highest BCUT2D eigenvalue weighted by Gasteiger charge is 2.19. The number of esters is 1. The van der Waals surface area contributed by atoms with Gasteiger partial charge in [-0.3, -0.25) is 9.59 Å². The molecule has 0 aromatic heterocycles. The van der Waals surface area contributed by atoms with E-state index in [1.165, 1.54) is 32.0 Å². The van der Waals surface area contributed by atoms with Gasteiger partial charge in [0.25, 0.3) is 5.91 Å². The third-order valence-electron chi connectivity index (χ3n) is 3.35. The molecule has 1 atom stereocenters. The number of amides is 2. The van der Waals surface area contributed by atoms with Crippen LogP contribution in [0.3, 0.4) is 0 Å². The molecule has 0 saturated heterocycles. The summed E-state index contributed by atoms with van der Waals surface area (Å²) in [7, 11) is 0. The van der Waals surface area contributed by atoms with Crippen molar-refractivity contribution in [3.63, 3.8) is 0 Å². The highest BCUT2D eigenvalue weighted by Crippen LogP contribution is 2.13. The van der Waals surface area contributed by atoms with Crippen molar-refractivity contribution in [3.8, 4) is 6.07 Å². The van der Waals surface area contributed by atoms with Crippen molar-refractivity contribution in [2.75, 3.05) is 10.6 Å². The minimum absolute atomic E-state index is 0.217. The molecular formula is C19H17N3O4. The Morgan fingerprint density at radius 2 is 1.73 bits per heavy atom. The van der Waals surface area contributed by atoms with Gasteiger partial charge in [0.2, 0.25) is 5.91 Å². The Labute approximate surface area is 150 Å². The quantitative estimate of drug-likeness (QED) is 0.805. The molecule has 0 aliphatic rings. The summed E-state index contributed by atoms with van der Waals surface area (Å²) < 4.78 is 5.14. The molecule has 0 spiro atoms. The monoisotopic (exact) mass is 351 g/mol. The van der Waals surface area contributed by atoms with Crippen LogP contribution in [0.25, 0.3) is 0 Å². The number of nitriles is 1. The summed E-state index contributed by atoms with van der Waals surface area (Å²) >= 11 is 0. The van der Waals surface area contributed by atoms with Crippen LogP contribution in [0, 0.1) is 11.3 Å². The van der Waals surface area contributed by atoms with Crippen LogP contribution in [-0.4, -0.2) is 23.9 Å². The predicted molar refractivity (Wildman–Crippen MR) is 95.4 cm³/mol. The maximum atomic E-state index is 12.1. The molecule has 2 N–H and O–H groups in total. The zero-order chi connectivity index (χ0) is 19.1. The SMILES string of the molecule is CC(=O)Nc1ccc(C(=O)O[C@H](C)C(=O)Nc2cccc(C#N)c2)cc1. The van der Waals surface area contributed by atoms with Gasteiger partial charge < -0.3 is 15.4 Å². The second kappa shape index (κ2) is 8.44. The van der Waals surface area contributed by atoms with E-state index < -0.39 is 18.0 Å². The molecule has 0 saturated carbocycles. The maximum Gasteiger partial charge on any atom is 0.338 e. The number of anilines is 2. The number of carbonyl (C=O) groups is 3. The van der Waals surface area contributed by atoms with Crippen molar-refractivity contribution in [1.82, 2.24) is 0 Å². The van der Waals surface area contributed by atoms with Gasteiger partial charge in [0.15, 0.2) is 6.10 Å². The number of hydrogen-bond acceptors (Lipinski definition) is 5. The van der Waals surface area contributed by atoms with E-state index in [1.807, 2.05) is 6.07 Å². The molecule has 2 amide bonds. The van der Waals surface area contributed by atoms with E-state index in [-0.39, 0.29) is 11.5 Å². The van der Waals surface area contributed by atoms with E-state index in [0.717, 1.165) is 0 Å². The lowest BCUT2D eigenvalue weighted by atomic mass is 10.2. The van der Waals surface area contributed by atoms with Crippen molar-refractivity contribution in [2.24, 2.45) is 0 Å². The second-order valence-corrected chi connectivity index (χ2v) is 5.49. The van der Waals surface area contributed by atoms with Crippen LogP contribution in [0.4, 0.5) is 11.4 Å². The summed E-state index contributed by atoms with van der Waals surface area (Å²) in [5.74, 6) is -1.39. The van der Waals surface area contributed by atoms with Gasteiger partial charge in [-0.05, 0) is 49.4 Å². The molecule has 7 nitrogen and oxygen atoms in total. The molecule has 7 heteroatoms. The van der Waals surface area contributed by atoms with Gasteiger partial charge in [-0.25, -0.2) is 4.79 Å². The number of nitrogens with one attached hydrogen (secondary N) is 2. The molecule has 26 heavy (non-hydrogen) atoms. The Balaban J connectivity index is 1.96. The first-order valence-electron chi connectivity index (χ1n) is 7.78. The smallest absolute Gasteiger partial charge is 0.338 e. The highest BCUT2D eigenvalue weighted by atomic mass is 16.5. The van der Waals surface area contributed by atoms with Crippen LogP contribution in [-0.2, 0) is 14.3 Å². The van der Waals surface area contributed by atoms with E-state index >= 15 is 0 Å². The number of rotatable bonds is 5. The molecule has 0 aliphatic carbocycles. The van der Waals surface area contributed by atoms with Gasteiger partial charge in [-0.1, -0.05) is 6.07 Å². The van der Waals surface area contributed by atoms with E-state index in [0.29, 0.717) is 16.9 Å². The number of hydrogen-bond donors (Lipinski definition) is 2. The number of carbonyl (C=O) groups excluding carboxylic acids is 3. The first-order chi connectivity index (χ1) is 12.4. The minimum Gasteiger partial charge on any atom is -0.449 e. The van der Waals surface area contributed by atoms with Gasteiger partial charge in [-0.15, -0.1) is 0 Å². The Kier molecular flexibility index (Phi) is 6.06. The molecule has 0 fully saturated rings. The summed E-state index contributed by atoms with van der Waals surface area (Å²) in [6.07, 6.45) is -1.02. The van der Waals surface area contributed by atoms with Crippen LogP contribution >= 0.6 is 0 Å². The van der Waals surface area contributed by atoms with Crippen molar-refractivity contribution in [3.05, 3.63) is 59.7 Å².